The molecule has 2 aliphatic heterocycles. The van der Waals surface area contributed by atoms with E-state index in [0.29, 0.717) is 11.3 Å². The molecule has 1 saturated heterocycles. The lowest BCUT2D eigenvalue weighted by Gasteiger charge is -2.44. The average molecular weight is 615 g/mol. The summed E-state index contributed by atoms with van der Waals surface area (Å²) < 4.78 is 32.9. The van der Waals surface area contributed by atoms with Crippen LogP contribution in [0, 0.1) is 22.7 Å². The van der Waals surface area contributed by atoms with E-state index in [1.54, 1.807) is 24.3 Å². The van der Waals surface area contributed by atoms with Crippen LogP contribution in [-0.4, -0.2) is 67.4 Å². The van der Waals surface area contributed by atoms with E-state index in [1.807, 2.05) is 0 Å². The Bertz CT molecular complexity index is 1410. The van der Waals surface area contributed by atoms with Crippen molar-refractivity contribution in [3.8, 4) is 17.9 Å². The lowest BCUT2D eigenvalue weighted by Crippen LogP contribution is -2.61. The highest BCUT2D eigenvalue weighted by Crippen LogP contribution is 2.43. The topological polar surface area (TPSA) is 209 Å². The van der Waals surface area contributed by atoms with Gasteiger partial charge in [-0.05, 0) is 17.7 Å². The molecule has 0 spiro atoms. The van der Waals surface area contributed by atoms with E-state index >= 15 is 0 Å². The number of carbonyl (C=O) groups is 4. The molecule has 0 bridgehead atoms. The van der Waals surface area contributed by atoms with Crippen molar-refractivity contribution in [3.63, 3.8) is 0 Å². The van der Waals surface area contributed by atoms with Gasteiger partial charge in [0.15, 0.2) is 23.7 Å². The van der Waals surface area contributed by atoms with Crippen LogP contribution in [0.4, 0.5) is 0 Å². The van der Waals surface area contributed by atoms with Crippen LogP contribution in [0.5, 0.6) is 5.75 Å². The largest absolute Gasteiger partial charge is 0.497 e. The molecule has 1 unspecified atom stereocenters. The van der Waals surface area contributed by atoms with Gasteiger partial charge in [-0.1, -0.05) is 23.9 Å². The predicted octanol–water partition coefficient (Wildman–Crippen LogP) is 1.63. The van der Waals surface area contributed by atoms with Crippen molar-refractivity contribution in [2.24, 2.45) is 5.73 Å². The number of methoxy groups -OCH3 is 1. The lowest BCUT2D eigenvalue weighted by molar-refractivity contribution is -0.237. The summed E-state index contributed by atoms with van der Waals surface area (Å²) in [6.45, 7) is 4.10. The van der Waals surface area contributed by atoms with E-state index < -0.39 is 66.3 Å². The Morgan fingerprint density at radius 3 is 1.95 bits per heavy atom. The molecular weight excluding hydrogens is 584 g/mol. The van der Waals surface area contributed by atoms with E-state index in [2.05, 4.69) is 17.5 Å². The number of dihydropyridines is 1. The van der Waals surface area contributed by atoms with Crippen molar-refractivity contribution in [1.29, 1.82) is 10.5 Å². The SMILES string of the molecule is COc1ccc(C2C(C#N)=C(N)NC(S[C@@H]3O[C@H](COC(C)=O)[C@@H](OC(C)=O)[C@H](OC(C)=O)[C@H]3OC(C)=O)=C2C#N)cc1. The number of thioether (sulfide) groups is 1. The number of rotatable bonds is 9. The van der Waals surface area contributed by atoms with Crippen molar-refractivity contribution >= 4 is 35.6 Å². The number of hydrogen-bond donors (Lipinski definition) is 2. The number of nitrogens with one attached hydrogen (secondary N) is 1. The molecule has 15 heteroatoms. The summed E-state index contributed by atoms with van der Waals surface area (Å²) in [5, 5.41) is 23.2. The number of esters is 4. The van der Waals surface area contributed by atoms with Gasteiger partial charge in [-0.15, -0.1) is 0 Å². The van der Waals surface area contributed by atoms with E-state index in [0.717, 1.165) is 39.5 Å². The quantitative estimate of drug-likeness (QED) is 0.299. The molecule has 3 N–H and O–H groups in total. The fraction of sp³-hybridized carbons (Fsp3) is 0.429. The number of nitrogens with two attached hydrogens (primary N) is 1. The third-order valence-electron chi connectivity index (χ3n) is 6.23. The maximum Gasteiger partial charge on any atom is 0.303 e. The summed E-state index contributed by atoms with van der Waals surface area (Å²) in [5.74, 6) is -3.33. The fourth-order valence-corrected chi connectivity index (χ4v) is 5.78. The molecule has 0 radical (unpaired) electrons. The molecule has 228 valence electrons. The second kappa shape index (κ2) is 14.4. The number of carbonyl (C=O) groups excluding carboxylic acids is 4. The van der Waals surface area contributed by atoms with Gasteiger partial charge in [0, 0.05) is 27.7 Å². The van der Waals surface area contributed by atoms with E-state index in [1.165, 1.54) is 7.11 Å². The van der Waals surface area contributed by atoms with Gasteiger partial charge in [-0.3, -0.25) is 19.2 Å². The predicted molar refractivity (Wildman–Crippen MR) is 148 cm³/mol. The summed E-state index contributed by atoms with van der Waals surface area (Å²) in [6, 6.07) is 10.9. The molecule has 1 aromatic rings. The first kappa shape index (κ1) is 32.8. The molecule has 0 saturated carbocycles. The Kier molecular flexibility index (Phi) is 11.0. The highest BCUT2D eigenvalue weighted by molar-refractivity contribution is 8.03. The van der Waals surface area contributed by atoms with Gasteiger partial charge in [0.25, 0.3) is 0 Å². The normalized spacial score (nSPS) is 24.9. The van der Waals surface area contributed by atoms with Crippen LogP contribution < -0.4 is 15.8 Å². The van der Waals surface area contributed by atoms with Crippen LogP contribution in [0.25, 0.3) is 0 Å². The van der Waals surface area contributed by atoms with E-state index in [9.17, 15) is 29.7 Å². The van der Waals surface area contributed by atoms with Gasteiger partial charge < -0.3 is 39.5 Å². The van der Waals surface area contributed by atoms with Gasteiger partial charge in [0.05, 0.1) is 41.3 Å². The van der Waals surface area contributed by atoms with Crippen LogP contribution in [0.2, 0.25) is 0 Å². The highest BCUT2D eigenvalue weighted by atomic mass is 32.2. The second-order valence-corrected chi connectivity index (χ2v) is 10.4. The number of ether oxygens (including phenoxy) is 6. The lowest BCUT2D eigenvalue weighted by atomic mass is 9.84. The van der Waals surface area contributed by atoms with Crippen molar-refractivity contribution in [1.82, 2.24) is 5.32 Å². The molecule has 1 fully saturated rings. The van der Waals surface area contributed by atoms with Gasteiger partial charge >= 0.3 is 23.9 Å². The Labute approximate surface area is 251 Å². The van der Waals surface area contributed by atoms with Crippen LogP contribution in [0.3, 0.4) is 0 Å². The van der Waals surface area contributed by atoms with Crippen molar-refractivity contribution in [3.05, 3.63) is 51.8 Å². The zero-order valence-electron chi connectivity index (χ0n) is 23.9. The molecule has 2 heterocycles. The van der Waals surface area contributed by atoms with E-state index in [4.69, 9.17) is 34.2 Å². The van der Waals surface area contributed by atoms with Crippen molar-refractivity contribution in [2.45, 2.75) is 63.5 Å². The smallest absolute Gasteiger partial charge is 0.303 e. The van der Waals surface area contributed by atoms with Gasteiger partial charge in [-0.25, -0.2) is 0 Å². The summed E-state index contributed by atoms with van der Waals surface area (Å²) in [7, 11) is 1.50. The molecule has 3 rings (SSSR count). The zero-order valence-corrected chi connectivity index (χ0v) is 24.8. The third-order valence-corrected chi connectivity index (χ3v) is 7.40. The monoisotopic (exact) mass is 614 g/mol. The molecule has 0 aromatic heterocycles. The number of nitriles is 2. The van der Waals surface area contributed by atoms with Crippen LogP contribution >= 0.6 is 11.8 Å². The number of hydrogen-bond acceptors (Lipinski definition) is 15. The molecule has 43 heavy (non-hydrogen) atoms. The van der Waals surface area contributed by atoms with Gasteiger partial charge in [-0.2, -0.15) is 10.5 Å². The van der Waals surface area contributed by atoms with Crippen LogP contribution in [0.1, 0.15) is 39.2 Å². The standard InChI is InChI=1S/C28H30N4O10S/c1-13(33)38-12-21-23(39-14(2)34)24(40-15(3)35)25(41-16(4)36)28(42-21)43-27-20(11-30)22(19(10-29)26(31)32-27)17-6-8-18(37-5)9-7-17/h6-9,21-25,28,32H,12,31H2,1-5H3/t21-,22?,23-,24+,25-,28+/m1/s1. The molecule has 14 nitrogen and oxygen atoms in total. The Hall–Kier alpha value is -4.73. The summed E-state index contributed by atoms with van der Waals surface area (Å²) >= 11 is 0.862. The third kappa shape index (κ3) is 7.97. The summed E-state index contributed by atoms with van der Waals surface area (Å²) in [5.41, 5.74) is 5.76. The number of benzene rings is 1. The molecule has 2 aliphatic rings. The Morgan fingerprint density at radius 1 is 0.884 bits per heavy atom. The molecule has 1 aromatic carbocycles. The van der Waals surface area contributed by atoms with Crippen LogP contribution in [-0.2, 0) is 42.9 Å². The zero-order chi connectivity index (χ0) is 31.8. The minimum Gasteiger partial charge on any atom is -0.497 e. The Balaban J connectivity index is 2.13. The number of allylic oxidation sites excluding steroid dienone is 2. The van der Waals surface area contributed by atoms with Crippen molar-refractivity contribution in [2.75, 3.05) is 13.7 Å². The van der Waals surface area contributed by atoms with Gasteiger partial charge in [0.2, 0.25) is 0 Å². The van der Waals surface area contributed by atoms with Crippen LogP contribution in [0.15, 0.2) is 46.3 Å². The maximum atomic E-state index is 12.2. The van der Waals surface area contributed by atoms with Gasteiger partial charge in [0.1, 0.15) is 24.3 Å². The molecule has 6 atom stereocenters. The fourth-order valence-electron chi connectivity index (χ4n) is 4.55. The molecular formula is C28H30N4O10S. The summed E-state index contributed by atoms with van der Waals surface area (Å²) in [6.07, 6.45) is -5.30. The average Bonchev–Trinajstić information content (AvgIpc) is 2.94. The molecule has 0 amide bonds. The minimum atomic E-state index is -1.40. The number of nitrogens with zero attached hydrogens (tertiary/aromatic N) is 2. The maximum absolute atomic E-state index is 12.2. The first-order valence-electron chi connectivity index (χ1n) is 12.8. The Morgan fingerprint density at radius 2 is 1.44 bits per heavy atom. The van der Waals surface area contributed by atoms with Crippen molar-refractivity contribution < 1.29 is 47.6 Å². The first-order chi connectivity index (χ1) is 20.4. The second-order valence-electron chi connectivity index (χ2n) is 9.31. The highest BCUT2D eigenvalue weighted by Gasteiger charge is 2.53. The summed E-state index contributed by atoms with van der Waals surface area (Å²) in [4.78, 5) is 47.9. The minimum absolute atomic E-state index is 0.0320. The first-order valence-corrected chi connectivity index (χ1v) is 13.7. The van der Waals surface area contributed by atoms with E-state index in [-0.39, 0.29) is 22.0 Å². The molecule has 0 aliphatic carbocycles.